The first-order valence-electron chi connectivity index (χ1n) is 5.88. The van der Waals surface area contributed by atoms with Crippen LogP contribution in [0.2, 0.25) is 0 Å². The number of nitrogens with one attached hydrogen (secondary N) is 2. The van der Waals surface area contributed by atoms with Crippen molar-refractivity contribution < 1.29 is 4.79 Å². The minimum atomic E-state index is 0. The van der Waals surface area contributed by atoms with E-state index in [2.05, 4.69) is 10.3 Å². The van der Waals surface area contributed by atoms with Gasteiger partial charge < -0.3 is 15.2 Å². The summed E-state index contributed by atoms with van der Waals surface area (Å²) in [7, 11) is 1.98. The highest BCUT2D eigenvalue weighted by Gasteiger charge is 2.23. The Bertz CT molecular complexity index is 332. The Morgan fingerprint density at radius 2 is 2.24 bits per heavy atom. The van der Waals surface area contributed by atoms with Gasteiger partial charge in [0.15, 0.2) is 0 Å². The third-order valence-electron chi connectivity index (χ3n) is 3.22. The van der Waals surface area contributed by atoms with E-state index in [0.717, 1.165) is 38.4 Å². The first kappa shape index (κ1) is 14.1. The number of amides is 1. The SMILES string of the molecule is CNCC1CCN(C(=O)c2ccc[nH]2)CC1.Cl. The molecule has 17 heavy (non-hydrogen) atoms. The Morgan fingerprint density at radius 1 is 1.53 bits per heavy atom. The van der Waals surface area contributed by atoms with Gasteiger partial charge in [-0.15, -0.1) is 12.4 Å². The highest BCUT2D eigenvalue weighted by molar-refractivity contribution is 5.92. The van der Waals surface area contributed by atoms with Crippen LogP contribution in [0, 0.1) is 5.92 Å². The van der Waals surface area contributed by atoms with Gasteiger partial charge in [-0.2, -0.15) is 0 Å². The van der Waals surface area contributed by atoms with Crippen LogP contribution in [0.15, 0.2) is 18.3 Å². The van der Waals surface area contributed by atoms with Crippen LogP contribution >= 0.6 is 12.4 Å². The van der Waals surface area contributed by atoms with E-state index in [1.165, 1.54) is 0 Å². The van der Waals surface area contributed by atoms with Gasteiger partial charge in [-0.05, 0) is 44.5 Å². The second kappa shape index (κ2) is 6.67. The maximum absolute atomic E-state index is 12.0. The lowest BCUT2D eigenvalue weighted by Gasteiger charge is -2.31. The zero-order chi connectivity index (χ0) is 11.4. The van der Waals surface area contributed by atoms with E-state index in [1.807, 2.05) is 24.1 Å². The maximum Gasteiger partial charge on any atom is 0.270 e. The molecule has 5 heteroatoms. The fourth-order valence-electron chi connectivity index (χ4n) is 2.26. The van der Waals surface area contributed by atoms with E-state index in [1.54, 1.807) is 6.20 Å². The number of H-pyrrole nitrogens is 1. The quantitative estimate of drug-likeness (QED) is 0.862. The molecule has 0 bridgehead atoms. The number of rotatable bonds is 3. The zero-order valence-electron chi connectivity index (χ0n) is 10.1. The molecule has 0 aliphatic carbocycles. The molecule has 96 valence electrons. The lowest BCUT2D eigenvalue weighted by Crippen LogP contribution is -2.40. The van der Waals surface area contributed by atoms with Crippen molar-refractivity contribution in [3.63, 3.8) is 0 Å². The van der Waals surface area contributed by atoms with Crippen LogP contribution in [0.4, 0.5) is 0 Å². The average Bonchev–Trinajstić information content (AvgIpc) is 2.83. The first-order chi connectivity index (χ1) is 7.81. The summed E-state index contributed by atoms with van der Waals surface area (Å²) in [5, 5.41) is 3.20. The van der Waals surface area contributed by atoms with Gasteiger partial charge in [0.05, 0.1) is 0 Å². The number of aromatic amines is 1. The van der Waals surface area contributed by atoms with Gasteiger partial charge in [-0.3, -0.25) is 4.79 Å². The predicted octanol–water partition coefficient (Wildman–Crippen LogP) is 1.51. The van der Waals surface area contributed by atoms with Gasteiger partial charge >= 0.3 is 0 Å². The van der Waals surface area contributed by atoms with E-state index in [-0.39, 0.29) is 18.3 Å². The summed E-state index contributed by atoms with van der Waals surface area (Å²) in [6.45, 7) is 2.82. The summed E-state index contributed by atoms with van der Waals surface area (Å²) in [5.74, 6) is 0.852. The summed E-state index contributed by atoms with van der Waals surface area (Å²) in [4.78, 5) is 16.9. The largest absolute Gasteiger partial charge is 0.357 e. The third kappa shape index (κ3) is 3.48. The Hall–Kier alpha value is -1.00. The van der Waals surface area contributed by atoms with Gasteiger partial charge in [0.2, 0.25) is 0 Å². The summed E-state index contributed by atoms with van der Waals surface area (Å²) in [6.07, 6.45) is 4.00. The minimum Gasteiger partial charge on any atom is -0.357 e. The average molecular weight is 258 g/mol. The molecule has 0 radical (unpaired) electrons. The van der Waals surface area contributed by atoms with Crippen molar-refractivity contribution >= 4 is 18.3 Å². The van der Waals surface area contributed by atoms with Gasteiger partial charge in [0, 0.05) is 19.3 Å². The summed E-state index contributed by atoms with van der Waals surface area (Å²) in [5.41, 5.74) is 0.701. The van der Waals surface area contributed by atoms with E-state index in [4.69, 9.17) is 0 Å². The number of likely N-dealkylation sites (tertiary alicyclic amines) is 1. The zero-order valence-corrected chi connectivity index (χ0v) is 10.9. The van der Waals surface area contributed by atoms with Crippen LogP contribution < -0.4 is 5.32 Å². The number of hydrogen-bond donors (Lipinski definition) is 2. The molecule has 1 fully saturated rings. The molecule has 0 spiro atoms. The molecule has 1 aliphatic heterocycles. The second-order valence-corrected chi connectivity index (χ2v) is 4.38. The van der Waals surface area contributed by atoms with Gasteiger partial charge in [0.1, 0.15) is 5.69 Å². The number of nitrogens with zero attached hydrogens (tertiary/aromatic N) is 1. The maximum atomic E-state index is 12.0. The predicted molar refractivity (Wildman–Crippen MR) is 70.6 cm³/mol. The summed E-state index contributed by atoms with van der Waals surface area (Å²) < 4.78 is 0. The number of aromatic nitrogens is 1. The van der Waals surface area contributed by atoms with Crippen LogP contribution in [0.3, 0.4) is 0 Å². The van der Waals surface area contributed by atoms with Crippen LogP contribution in [-0.2, 0) is 0 Å². The third-order valence-corrected chi connectivity index (χ3v) is 3.22. The van der Waals surface area contributed by atoms with E-state index < -0.39 is 0 Å². The lowest BCUT2D eigenvalue weighted by atomic mass is 9.97. The molecule has 2 N–H and O–H groups in total. The minimum absolute atomic E-state index is 0. The summed E-state index contributed by atoms with van der Waals surface area (Å²) in [6, 6.07) is 3.70. The fourth-order valence-corrected chi connectivity index (χ4v) is 2.26. The molecule has 4 nitrogen and oxygen atoms in total. The van der Waals surface area contributed by atoms with E-state index in [0.29, 0.717) is 5.69 Å². The number of piperidine rings is 1. The number of carbonyl (C=O) groups is 1. The molecule has 1 aromatic heterocycles. The second-order valence-electron chi connectivity index (χ2n) is 4.38. The van der Waals surface area contributed by atoms with Gasteiger partial charge in [0.25, 0.3) is 5.91 Å². The molecular weight excluding hydrogens is 238 g/mol. The number of hydrogen-bond acceptors (Lipinski definition) is 2. The topological polar surface area (TPSA) is 48.1 Å². The normalized spacial score (nSPS) is 16.6. The highest BCUT2D eigenvalue weighted by Crippen LogP contribution is 2.17. The molecule has 0 unspecified atom stereocenters. The van der Waals surface area contributed by atoms with Crippen molar-refractivity contribution in [2.24, 2.45) is 5.92 Å². The molecule has 0 saturated carbocycles. The number of halogens is 1. The molecule has 2 heterocycles. The molecular formula is C12H20ClN3O. The standard InChI is InChI=1S/C12H19N3O.ClH/c1-13-9-10-4-7-15(8-5-10)12(16)11-3-2-6-14-11;/h2-3,6,10,13-14H,4-5,7-9H2,1H3;1H. The Balaban J connectivity index is 0.00000144. The van der Waals surface area contributed by atoms with Crippen LogP contribution in [0.5, 0.6) is 0 Å². The van der Waals surface area contributed by atoms with Crippen LogP contribution in [0.25, 0.3) is 0 Å². The molecule has 2 rings (SSSR count). The van der Waals surface area contributed by atoms with E-state index in [9.17, 15) is 4.79 Å². The van der Waals surface area contributed by atoms with E-state index >= 15 is 0 Å². The van der Waals surface area contributed by atoms with Crippen molar-refractivity contribution in [2.45, 2.75) is 12.8 Å². The van der Waals surface area contributed by atoms with Crippen molar-refractivity contribution in [1.29, 1.82) is 0 Å². The smallest absolute Gasteiger partial charge is 0.270 e. The molecule has 1 aliphatic rings. The Labute approximate surface area is 108 Å². The van der Waals surface area contributed by atoms with Crippen molar-refractivity contribution in [3.8, 4) is 0 Å². The Kier molecular flexibility index (Phi) is 5.51. The summed E-state index contributed by atoms with van der Waals surface area (Å²) >= 11 is 0. The van der Waals surface area contributed by atoms with Gasteiger partial charge in [-0.25, -0.2) is 0 Å². The molecule has 0 atom stereocenters. The fraction of sp³-hybridized carbons (Fsp3) is 0.583. The van der Waals surface area contributed by atoms with Crippen LogP contribution in [0.1, 0.15) is 23.3 Å². The molecule has 1 aromatic rings. The van der Waals surface area contributed by atoms with Gasteiger partial charge in [-0.1, -0.05) is 0 Å². The van der Waals surface area contributed by atoms with Crippen molar-refractivity contribution in [3.05, 3.63) is 24.0 Å². The van der Waals surface area contributed by atoms with Crippen LogP contribution in [-0.4, -0.2) is 42.5 Å². The van der Waals surface area contributed by atoms with Crippen molar-refractivity contribution in [1.82, 2.24) is 15.2 Å². The monoisotopic (exact) mass is 257 g/mol. The first-order valence-corrected chi connectivity index (χ1v) is 5.88. The molecule has 0 aromatic carbocycles. The lowest BCUT2D eigenvalue weighted by molar-refractivity contribution is 0.0685. The number of carbonyl (C=O) groups excluding carboxylic acids is 1. The van der Waals surface area contributed by atoms with Crippen molar-refractivity contribution in [2.75, 3.05) is 26.7 Å². The molecule has 1 saturated heterocycles. The molecule has 1 amide bonds. The highest BCUT2D eigenvalue weighted by atomic mass is 35.5. The Morgan fingerprint density at radius 3 is 2.76 bits per heavy atom.